The summed E-state index contributed by atoms with van der Waals surface area (Å²) in [6.45, 7) is 2.58. The number of carbonyl (C=O) groups is 3. The van der Waals surface area contributed by atoms with Gasteiger partial charge in [0.15, 0.2) is 5.78 Å². The molecule has 3 heterocycles. The van der Waals surface area contributed by atoms with Crippen LogP contribution >= 0.6 is 11.8 Å². The van der Waals surface area contributed by atoms with Crippen LogP contribution in [0.5, 0.6) is 0 Å². The predicted octanol–water partition coefficient (Wildman–Crippen LogP) is 1.29. The highest BCUT2D eigenvalue weighted by Crippen LogP contribution is 2.27. The number of ether oxygens (including phenoxy) is 2. The standard InChI is InChI=1S/C22H29N3O5S/c26-18-13-30-19-7-4-8-25(20(18)19)21(27)17(15-31-14-16-5-2-1-3-6-16)23-22(28)24-9-11-29-12-10-24/h1-3,5-6,17,19-20H,4,7-15H2,(H,23,28)/t17-,19?,20?/m0/s1. The molecule has 0 radical (unpaired) electrons. The van der Waals surface area contributed by atoms with Gasteiger partial charge in [0.2, 0.25) is 5.91 Å². The van der Waals surface area contributed by atoms with E-state index in [1.807, 2.05) is 30.3 Å². The lowest BCUT2D eigenvalue weighted by molar-refractivity contribution is -0.142. The molecule has 3 atom stereocenters. The highest BCUT2D eigenvalue weighted by Gasteiger charge is 2.45. The molecule has 3 saturated heterocycles. The maximum absolute atomic E-state index is 13.5. The predicted molar refractivity (Wildman–Crippen MR) is 117 cm³/mol. The Kier molecular flexibility index (Phi) is 7.47. The summed E-state index contributed by atoms with van der Waals surface area (Å²) in [6, 6.07) is 8.54. The molecule has 3 aliphatic heterocycles. The lowest BCUT2D eigenvalue weighted by Crippen LogP contribution is -2.60. The van der Waals surface area contributed by atoms with Crippen LogP contribution in [0.4, 0.5) is 4.79 Å². The van der Waals surface area contributed by atoms with Crippen molar-refractivity contribution in [2.45, 2.75) is 36.8 Å². The summed E-state index contributed by atoms with van der Waals surface area (Å²) in [5.74, 6) is 0.933. The van der Waals surface area contributed by atoms with E-state index in [2.05, 4.69) is 5.32 Å². The minimum atomic E-state index is -0.698. The number of nitrogens with one attached hydrogen (secondary N) is 1. The van der Waals surface area contributed by atoms with Gasteiger partial charge in [-0.2, -0.15) is 11.8 Å². The average Bonchev–Trinajstić information content (AvgIpc) is 3.20. The number of morpholine rings is 1. The molecule has 0 spiro atoms. The molecule has 3 fully saturated rings. The number of nitrogens with zero attached hydrogens (tertiary/aromatic N) is 2. The monoisotopic (exact) mass is 447 g/mol. The van der Waals surface area contributed by atoms with E-state index in [1.165, 1.54) is 0 Å². The normalized spacial score (nSPS) is 24.6. The number of likely N-dealkylation sites (tertiary alicyclic amines) is 1. The molecule has 1 aromatic carbocycles. The zero-order valence-corrected chi connectivity index (χ0v) is 18.4. The molecule has 2 unspecified atom stereocenters. The number of benzene rings is 1. The van der Waals surface area contributed by atoms with Gasteiger partial charge in [-0.05, 0) is 18.4 Å². The molecule has 168 valence electrons. The van der Waals surface area contributed by atoms with Gasteiger partial charge in [0, 0.05) is 31.1 Å². The molecule has 3 aliphatic rings. The van der Waals surface area contributed by atoms with Crippen molar-refractivity contribution in [1.82, 2.24) is 15.1 Å². The van der Waals surface area contributed by atoms with Crippen LogP contribution < -0.4 is 5.32 Å². The van der Waals surface area contributed by atoms with E-state index >= 15 is 0 Å². The molecule has 4 rings (SSSR count). The van der Waals surface area contributed by atoms with Crippen LogP contribution in [0.15, 0.2) is 30.3 Å². The summed E-state index contributed by atoms with van der Waals surface area (Å²) in [5.41, 5.74) is 1.16. The molecule has 31 heavy (non-hydrogen) atoms. The minimum Gasteiger partial charge on any atom is -0.378 e. The van der Waals surface area contributed by atoms with Gasteiger partial charge in [-0.25, -0.2) is 4.79 Å². The Bertz CT molecular complexity index is 787. The number of piperidine rings is 1. The van der Waals surface area contributed by atoms with Gasteiger partial charge in [0.05, 0.1) is 19.3 Å². The number of hydrogen-bond acceptors (Lipinski definition) is 6. The zero-order chi connectivity index (χ0) is 21.6. The molecule has 3 amide bonds. The van der Waals surface area contributed by atoms with Crippen molar-refractivity contribution in [2.75, 3.05) is 45.2 Å². The second-order valence-electron chi connectivity index (χ2n) is 8.04. The van der Waals surface area contributed by atoms with Gasteiger partial charge in [-0.1, -0.05) is 30.3 Å². The van der Waals surface area contributed by atoms with Crippen molar-refractivity contribution >= 4 is 29.5 Å². The van der Waals surface area contributed by atoms with E-state index in [0.717, 1.165) is 24.2 Å². The van der Waals surface area contributed by atoms with Crippen molar-refractivity contribution in [2.24, 2.45) is 0 Å². The Labute approximate surface area is 186 Å². The first-order chi connectivity index (χ1) is 15.1. The maximum atomic E-state index is 13.5. The number of amides is 3. The number of Topliss-reactive ketones (excluding diaryl/α,β-unsaturated/α-hetero) is 1. The van der Waals surface area contributed by atoms with E-state index in [4.69, 9.17) is 9.47 Å². The number of rotatable bonds is 6. The van der Waals surface area contributed by atoms with E-state index in [-0.39, 0.29) is 30.4 Å². The maximum Gasteiger partial charge on any atom is 0.318 e. The molecule has 0 saturated carbocycles. The van der Waals surface area contributed by atoms with Crippen molar-refractivity contribution < 1.29 is 23.9 Å². The fourth-order valence-corrected chi connectivity index (χ4v) is 5.30. The van der Waals surface area contributed by atoms with E-state index in [0.29, 0.717) is 38.6 Å². The molecular formula is C22H29N3O5S. The molecule has 0 aromatic heterocycles. The quantitative estimate of drug-likeness (QED) is 0.707. The number of fused-ring (bicyclic) bond motifs is 1. The Morgan fingerprint density at radius 1 is 1.16 bits per heavy atom. The van der Waals surface area contributed by atoms with Crippen molar-refractivity contribution in [1.29, 1.82) is 0 Å². The number of hydrogen-bond donors (Lipinski definition) is 1. The van der Waals surface area contributed by atoms with Crippen molar-refractivity contribution in [3.05, 3.63) is 35.9 Å². The van der Waals surface area contributed by atoms with Crippen LogP contribution in [-0.2, 0) is 24.8 Å². The second kappa shape index (κ2) is 10.5. The number of urea groups is 1. The van der Waals surface area contributed by atoms with Gasteiger partial charge in [-0.15, -0.1) is 0 Å². The minimum absolute atomic E-state index is 0.0479. The summed E-state index contributed by atoms with van der Waals surface area (Å²) in [6.07, 6.45) is 1.35. The van der Waals surface area contributed by atoms with Crippen molar-refractivity contribution in [3.8, 4) is 0 Å². The van der Waals surface area contributed by atoms with Gasteiger partial charge in [0.25, 0.3) is 0 Å². The average molecular weight is 448 g/mol. The molecule has 0 aliphatic carbocycles. The van der Waals surface area contributed by atoms with Gasteiger partial charge < -0.3 is 24.6 Å². The number of thioether (sulfide) groups is 1. The summed E-state index contributed by atoms with van der Waals surface area (Å²) >= 11 is 1.60. The Morgan fingerprint density at radius 2 is 1.94 bits per heavy atom. The van der Waals surface area contributed by atoms with E-state index in [1.54, 1.807) is 21.6 Å². The third-order valence-electron chi connectivity index (χ3n) is 5.92. The third-order valence-corrected chi connectivity index (χ3v) is 7.02. The van der Waals surface area contributed by atoms with Crippen LogP contribution in [0, 0.1) is 0 Å². The zero-order valence-electron chi connectivity index (χ0n) is 17.5. The smallest absolute Gasteiger partial charge is 0.318 e. The first-order valence-electron chi connectivity index (χ1n) is 10.8. The molecule has 1 N–H and O–H groups in total. The summed E-state index contributed by atoms with van der Waals surface area (Å²) in [5, 5.41) is 2.93. The SMILES string of the molecule is O=C1COC2CCCN(C(=O)[C@H](CSCc3ccccc3)NC(=O)N3CCOCC3)C12. The van der Waals surface area contributed by atoms with Crippen LogP contribution in [-0.4, -0.2) is 90.9 Å². The Balaban J connectivity index is 1.44. The lowest BCUT2D eigenvalue weighted by atomic mass is 9.97. The summed E-state index contributed by atoms with van der Waals surface area (Å²) in [4.78, 5) is 42.0. The first kappa shape index (κ1) is 22.1. The Morgan fingerprint density at radius 3 is 2.71 bits per heavy atom. The van der Waals surface area contributed by atoms with Crippen molar-refractivity contribution in [3.63, 3.8) is 0 Å². The molecule has 9 heteroatoms. The molecule has 8 nitrogen and oxygen atoms in total. The van der Waals surface area contributed by atoms with E-state index in [9.17, 15) is 14.4 Å². The highest BCUT2D eigenvalue weighted by molar-refractivity contribution is 7.98. The van der Waals surface area contributed by atoms with Gasteiger partial charge in [0.1, 0.15) is 18.7 Å². The van der Waals surface area contributed by atoms with Crippen LogP contribution in [0.1, 0.15) is 18.4 Å². The molecule has 0 bridgehead atoms. The fraction of sp³-hybridized carbons (Fsp3) is 0.591. The lowest BCUT2D eigenvalue weighted by Gasteiger charge is -2.38. The summed E-state index contributed by atoms with van der Waals surface area (Å²) in [7, 11) is 0. The third kappa shape index (κ3) is 5.39. The van der Waals surface area contributed by atoms with Gasteiger partial charge in [-0.3, -0.25) is 9.59 Å². The first-order valence-corrected chi connectivity index (χ1v) is 12.0. The molecular weight excluding hydrogens is 418 g/mol. The largest absolute Gasteiger partial charge is 0.378 e. The van der Waals surface area contributed by atoms with Crippen LogP contribution in [0.3, 0.4) is 0 Å². The Hall–Kier alpha value is -2.10. The second-order valence-corrected chi connectivity index (χ2v) is 9.07. The molecule has 1 aromatic rings. The number of carbonyl (C=O) groups excluding carboxylic acids is 3. The summed E-state index contributed by atoms with van der Waals surface area (Å²) < 4.78 is 10.9. The van der Waals surface area contributed by atoms with Crippen LogP contribution in [0.2, 0.25) is 0 Å². The topological polar surface area (TPSA) is 88.2 Å². The van der Waals surface area contributed by atoms with Gasteiger partial charge >= 0.3 is 6.03 Å². The fourth-order valence-electron chi connectivity index (χ4n) is 4.29. The van der Waals surface area contributed by atoms with Crippen LogP contribution in [0.25, 0.3) is 0 Å². The van der Waals surface area contributed by atoms with E-state index < -0.39 is 12.1 Å². The highest BCUT2D eigenvalue weighted by atomic mass is 32.2. The number of ketones is 1.